The van der Waals surface area contributed by atoms with Crippen LogP contribution in [0.1, 0.15) is 6.92 Å². The Labute approximate surface area is 140 Å². The number of para-hydroxylation sites is 1. The van der Waals surface area contributed by atoms with E-state index in [1.807, 2.05) is 4.90 Å². The van der Waals surface area contributed by atoms with Crippen molar-refractivity contribution < 1.29 is 14.6 Å². The van der Waals surface area contributed by atoms with Crippen LogP contribution in [0.3, 0.4) is 0 Å². The number of hydrogen-bond donors (Lipinski definition) is 1. The summed E-state index contributed by atoms with van der Waals surface area (Å²) in [6, 6.07) is 5.12. The van der Waals surface area contributed by atoms with Crippen molar-refractivity contribution >= 4 is 29.1 Å². The van der Waals surface area contributed by atoms with Gasteiger partial charge in [0.05, 0.1) is 10.0 Å². The lowest BCUT2D eigenvalue weighted by Crippen LogP contribution is -2.50. The topological polar surface area (TPSA) is 53.0 Å². The average Bonchev–Trinajstić information content (AvgIpc) is 2.47. The summed E-state index contributed by atoms with van der Waals surface area (Å²) >= 11 is 12.0. The fourth-order valence-corrected chi connectivity index (χ4v) is 2.90. The van der Waals surface area contributed by atoms with Crippen LogP contribution in [0.5, 0.6) is 5.75 Å². The van der Waals surface area contributed by atoms with Crippen LogP contribution < -0.4 is 4.74 Å². The predicted octanol–water partition coefficient (Wildman–Crippen LogP) is 1.90. The third kappa shape index (κ3) is 4.74. The van der Waals surface area contributed by atoms with E-state index in [0.29, 0.717) is 35.4 Å². The Hall–Kier alpha value is -1.01. The van der Waals surface area contributed by atoms with E-state index in [2.05, 4.69) is 4.90 Å². The van der Waals surface area contributed by atoms with Gasteiger partial charge in [0.15, 0.2) is 5.75 Å². The van der Waals surface area contributed by atoms with Crippen molar-refractivity contribution in [3.8, 4) is 5.75 Å². The first-order valence-corrected chi connectivity index (χ1v) is 7.95. The highest BCUT2D eigenvalue weighted by molar-refractivity contribution is 6.37. The number of aliphatic hydroxyl groups excluding tert-OH is 1. The maximum atomic E-state index is 11.3. The Morgan fingerprint density at radius 2 is 1.86 bits per heavy atom. The van der Waals surface area contributed by atoms with Gasteiger partial charge in [0.2, 0.25) is 5.91 Å². The number of halogens is 2. The maximum absolute atomic E-state index is 11.3. The summed E-state index contributed by atoms with van der Waals surface area (Å²) in [7, 11) is 0. The molecule has 1 saturated heterocycles. The molecule has 1 N–H and O–H groups in total. The highest BCUT2D eigenvalue weighted by Crippen LogP contribution is 2.32. The lowest BCUT2D eigenvalue weighted by Gasteiger charge is -2.35. The third-order valence-electron chi connectivity index (χ3n) is 3.63. The van der Waals surface area contributed by atoms with E-state index in [1.165, 1.54) is 0 Å². The molecule has 22 heavy (non-hydrogen) atoms. The van der Waals surface area contributed by atoms with E-state index in [-0.39, 0.29) is 12.5 Å². The minimum Gasteiger partial charge on any atom is -0.488 e. The molecule has 0 unspecified atom stereocenters. The standard InChI is InChI=1S/C15H20Cl2N2O3/c1-11(20)19-7-5-18(6-8-19)9-12(21)10-22-15-13(16)3-2-4-14(15)17/h2-4,12,21H,5-10H2,1H3/t12-/m0/s1. The molecule has 0 saturated carbocycles. The second-order valence-corrected chi connectivity index (χ2v) is 6.14. The number of rotatable bonds is 5. The van der Waals surface area contributed by atoms with Gasteiger partial charge in [-0.05, 0) is 12.1 Å². The van der Waals surface area contributed by atoms with Crippen molar-refractivity contribution in [2.24, 2.45) is 0 Å². The van der Waals surface area contributed by atoms with Crippen LogP contribution in [0, 0.1) is 0 Å². The molecule has 7 heteroatoms. The van der Waals surface area contributed by atoms with Crippen molar-refractivity contribution in [3.05, 3.63) is 28.2 Å². The van der Waals surface area contributed by atoms with Crippen molar-refractivity contribution in [2.75, 3.05) is 39.3 Å². The molecule has 1 fully saturated rings. The van der Waals surface area contributed by atoms with E-state index >= 15 is 0 Å². The first-order chi connectivity index (χ1) is 10.5. The van der Waals surface area contributed by atoms with Crippen LogP contribution in [-0.4, -0.2) is 66.2 Å². The first kappa shape index (κ1) is 17.3. The zero-order valence-electron chi connectivity index (χ0n) is 12.5. The molecule has 1 aliphatic rings. The molecule has 0 aliphatic carbocycles. The molecule has 2 rings (SSSR count). The van der Waals surface area contributed by atoms with Gasteiger partial charge in [-0.25, -0.2) is 0 Å². The van der Waals surface area contributed by atoms with Gasteiger partial charge in [-0.2, -0.15) is 0 Å². The minimum absolute atomic E-state index is 0.0943. The van der Waals surface area contributed by atoms with Gasteiger partial charge in [0, 0.05) is 39.6 Å². The summed E-state index contributed by atoms with van der Waals surface area (Å²) in [5.74, 6) is 0.489. The molecule has 0 bridgehead atoms. The second kappa shape index (κ2) is 8.02. The van der Waals surface area contributed by atoms with Crippen LogP contribution in [-0.2, 0) is 4.79 Å². The Bertz CT molecular complexity index is 499. The Kier molecular flexibility index (Phi) is 6.32. The lowest BCUT2D eigenvalue weighted by molar-refractivity contribution is -0.130. The summed E-state index contributed by atoms with van der Waals surface area (Å²) in [6.45, 7) is 5.08. The minimum atomic E-state index is -0.642. The number of piperazine rings is 1. The van der Waals surface area contributed by atoms with Gasteiger partial charge in [-0.3, -0.25) is 9.69 Å². The summed E-state index contributed by atoms with van der Waals surface area (Å²) in [6.07, 6.45) is -0.642. The molecule has 1 atom stereocenters. The summed E-state index contributed by atoms with van der Waals surface area (Å²) in [4.78, 5) is 15.2. The number of nitrogens with zero attached hydrogens (tertiary/aromatic N) is 2. The van der Waals surface area contributed by atoms with Gasteiger partial charge >= 0.3 is 0 Å². The molecule has 5 nitrogen and oxygen atoms in total. The van der Waals surface area contributed by atoms with Crippen molar-refractivity contribution in [2.45, 2.75) is 13.0 Å². The van der Waals surface area contributed by atoms with Gasteiger partial charge in [0.25, 0.3) is 0 Å². The molecule has 0 spiro atoms. The van der Waals surface area contributed by atoms with Crippen LogP contribution in [0.25, 0.3) is 0 Å². The van der Waals surface area contributed by atoms with E-state index < -0.39 is 6.10 Å². The SMILES string of the molecule is CC(=O)N1CCN(C[C@H](O)COc2c(Cl)cccc2Cl)CC1. The molecular formula is C15H20Cl2N2O3. The third-order valence-corrected chi connectivity index (χ3v) is 4.22. The smallest absolute Gasteiger partial charge is 0.219 e. The highest BCUT2D eigenvalue weighted by Gasteiger charge is 2.21. The molecular weight excluding hydrogens is 327 g/mol. The van der Waals surface area contributed by atoms with E-state index in [0.717, 1.165) is 13.1 Å². The summed E-state index contributed by atoms with van der Waals surface area (Å²) in [5.41, 5.74) is 0. The maximum Gasteiger partial charge on any atom is 0.219 e. The van der Waals surface area contributed by atoms with Gasteiger partial charge in [-0.15, -0.1) is 0 Å². The number of benzene rings is 1. The van der Waals surface area contributed by atoms with Crippen molar-refractivity contribution in [3.63, 3.8) is 0 Å². The molecule has 1 aromatic carbocycles. The number of carbonyl (C=O) groups excluding carboxylic acids is 1. The second-order valence-electron chi connectivity index (χ2n) is 5.32. The van der Waals surface area contributed by atoms with Crippen LogP contribution in [0.4, 0.5) is 0 Å². The Balaban J connectivity index is 1.77. The van der Waals surface area contributed by atoms with E-state index in [1.54, 1.807) is 25.1 Å². The molecule has 122 valence electrons. The largest absolute Gasteiger partial charge is 0.488 e. The Morgan fingerprint density at radius 3 is 2.41 bits per heavy atom. The molecule has 1 aromatic rings. The fourth-order valence-electron chi connectivity index (χ4n) is 2.40. The lowest BCUT2D eigenvalue weighted by atomic mass is 10.2. The zero-order valence-corrected chi connectivity index (χ0v) is 14.0. The monoisotopic (exact) mass is 346 g/mol. The number of β-amino-alcohol motifs (C(OH)–C–C–N with tert-alkyl or cyclic N) is 1. The molecule has 0 radical (unpaired) electrons. The van der Waals surface area contributed by atoms with Gasteiger partial charge in [0.1, 0.15) is 12.7 Å². The predicted molar refractivity (Wildman–Crippen MR) is 86.7 cm³/mol. The van der Waals surface area contributed by atoms with E-state index in [9.17, 15) is 9.90 Å². The van der Waals surface area contributed by atoms with Crippen LogP contribution in [0.15, 0.2) is 18.2 Å². The number of carbonyl (C=O) groups is 1. The fraction of sp³-hybridized carbons (Fsp3) is 0.533. The van der Waals surface area contributed by atoms with Crippen molar-refractivity contribution in [1.82, 2.24) is 9.80 Å². The summed E-state index contributed by atoms with van der Waals surface area (Å²) < 4.78 is 5.53. The average molecular weight is 347 g/mol. The highest BCUT2D eigenvalue weighted by atomic mass is 35.5. The zero-order chi connectivity index (χ0) is 16.1. The molecule has 1 heterocycles. The van der Waals surface area contributed by atoms with Crippen LogP contribution >= 0.6 is 23.2 Å². The quantitative estimate of drug-likeness (QED) is 0.884. The molecule has 1 amide bonds. The number of hydrogen-bond acceptors (Lipinski definition) is 4. The summed E-state index contributed by atoms with van der Waals surface area (Å²) in [5, 5.41) is 10.9. The van der Waals surface area contributed by atoms with Crippen LogP contribution in [0.2, 0.25) is 10.0 Å². The number of ether oxygens (including phenoxy) is 1. The Morgan fingerprint density at radius 1 is 1.27 bits per heavy atom. The molecule has 1 aliphatic heterocycles. The van der Waals surface area contributed by atoms with E-state index in [4.69, 9.17) is 27.9 Å². The first-order valence-electron chi connectivity index (χ1n) is 7.20. The number of aliphatic hydroxyl groups is 1. The van der Waals surface area contributed by atoms with Gasteiger partial charge < -0.3 is 14.7 Å². The van der Waals surface area contributed by atoms with Gasteiger partial charge in [-0.1, -0.05) is 29.3 Å². The molecule has 0 aromatic heterocycles. The van der Waals surface area contributed by atoms with Crippen molar-refractivity contribution in [1.29, 1.82) is 0 Å². The normalized spacial score (nSPS) is 17.4. The number of amides is 1.